The molecule has 126 valence electrons. The van der Waals surface area contributed by atoms with Gasteiger partial charge in [-0.2, -0.15) is 11.8 Å². The predicted octanol–water partition coefficient (Wildman–Crippen LogP) is -1.38. The van der Waals surface area contributed by atoms with Crippen molar-refractivity contribution in [3.63, 3.8) is 0 Å². The van der Waals surface area contributed by atoms with E-state index in [1.165, 1.54) is 18.7 Å². The zero-order valence-electron chi connectivity index (χ0n) is 12.4. The number of hydrogen-bond donors (Lipinski definition) is 5. The smallest absolute Gasteiger partial charge is 0.326 e. The Morgan fingerprint density at radius 1 is 1.09 bits per heavy atom. The molecule has 0 fully saturated rings. The van der Waals surface area contributed by atoms with E-state index in [-0.39, 0.29) is 6.42 Å². The van der Waals surface area contributed by atoms with Crippen LogP contribution in [-0.4, -0.2) is 64.1 Å². The zero-order valence-corrected chi connectivity index (χ0v) is 13.2. The molecule has 0 saturated heterocycles. The number of carbonyl (C=O) groups is 4. The Hall–Kier alpha value is -1.81. The van der Waals surface area contributed by atoms with Gasteiger partial charge in [-0.3, -0.25) is 14.4 Å². The molecule has 0 aliphatic heterocycles. The molecule has 0 saturated carbocycles. The van der Waals surface area contributed by atoms with Gasteiger partial charge in [0.1, 0.15) is 12.1 Å². The highest BCUT2D eigenvalue weighted by Crippen LogP contribution is 2.03. The highest BCUT2D eigenvalue weighted by Gasteiger charge is 2.28. The standard InChI is InChI=1S/C12H21N3O6S/c1-6(13)10(18)15-8(5-9(16)17)11(19)14-7(12(20)21)3-4-22-2/h6-8H,3-5,13H2,1-2H3,(H,14,19)(H,15,18)(H,16,17)(H,20,21). The van der Waals surface area contributed by atoms with Gasteiger partial charge in [-0.15, -0.1) is 0 Å². The number of hydrogen-bond acceptors (Lipinski definition) is 6. The van der Waals surface area contributed by atoms with Gasteiger partial charge in [0.25, 0.3) is 0 Å². The molecular weight excluding hydrogens is 314 g/mol. The molecule has 6 N–H and O–H groups in total. The maximum Gasteiger partial charge on any atom is 0.326 e. The van der Waals surface area contributed by atoms with E-state index in [0.29, 0.717) is 5.75 Å². The largest absolute Gasteiger partial charge is 0.481 e. The second-order valence-electron chi connectivity index (χ2n) is 4.63. The van der Waals surface area contributed by atoms with Crippen LogP contribution in [0.1, 0.15) is 19.8 Å². The Morgan fingerprint density at radius 3 is 2.05 bits per heavy atom. The Balaban J connectivity index is 4.89. The van der Waals surface area contributed by atoms with Crippen molar-refractivity contribution in [2.75, 3.05) is 12.0 Å². The van der Waals surface area contributed by atoms with Crippen LogP contribution in [0.25, 0.3) is 0 Å². The topological polar surface area (TPSA) is 159 Å². The zero-order chi connectivity index (χ0) is 17.3. The quantitative estimate of drug-likeness (QED) is 0.326. The summed E-state index contributed by atoms with van der Waals surface area (Å²) < 4.78 is 0. The van der Waals surface area contributed by atoms with Crippen LogP contribution in [0, 0.1) is 0 Å². The first-order chi connectivity index (χ1) is 10.2. The molecule has 2 amide bonds. The number of nitrogens with two attached hydrogens (primary N) is 1. The van der Waals surface area contributed by atoms with Crippen molar-refractivity contribution in [1.82, 2.24) is 10.6 Å². The number of amides is 2. The number of carboxylic acids is 2. The molecule has 0 aliphatic carbocycles. The Morgan fingerprint density at radius 2 is 1.64 bits per heavy atom. The molecule has 0 spiro atoms. The van der Waals surface area contributed by atoms with E-state index in [1.54, 1.807) is 6.26 Å². The van der Waals surface area contributed by atoms with Gasteiger partial charge in [0.05, 0.1) is 12.5 Å². The summed E-state index contributed by atoms with van der Waals surface area (Å²) in [6, 6.07) is -3.45. The van der Waals surface area contributed by atoms with Crippen molar-refractivity contribution >= 4 is 35.5 Å². The maximum atomic E-state index is 12.0. The third-order valence-electron chi connectivity index (χ3n) is 2.65. The lowest BCUT2D eigenvalue weighted by atomic mass is 10.1. The summed E-state index contributed by atoms with van der Waals surface area (Å²) in [5.74, 6) is -3.59. The predicted molar refractivity (Wildman–Crippen MR) is 80.4 cm³/mol. The second-order valence-corrected chi connectivity index (χ2v) is 5.61. The van der Waals surface area contributed by atoms with Gasteiger partial charge >= 0.3 is 11.9 Å². The Bertz CT molecular complexity index is 429. The molecule has 0 aromatic rings. The van der Waals surface area contributed by atoms with Crippen LogP contribution in [0.4, 0.5) is 0 Å². The van der Waals surface area contributed by atoms with Gasteiger partial charge in [0.2, 0.25) is 11.8 Å². The normalized spacial score (nSPS) is 14.5. The summed E-state index contributed by atoms with van der Waals surface area (Å²) in [6.07, 6.45) is 1.30. The molecule has 0 aromatic heterocycles. The number of carboxylic acid groups (broad SMARTS) is 2. The highest BCUT2D eigenvalue weighted by molar-refractivity contribution is 7.98. The van der Waals surface area contributed by atoms with Crippen molar-refractivity contribution < 1.29 is 29.4 Å². The first kappa shape index (κ1) is 20.2. The minimum absolute atomic E-state index is 0.184. The van der Waals surface area contributed by atoms with Crippen LogP contribution >= 0.6 is 11.8 Å². The van der Waals surface area contributed by atoms with Gasteiger partial charge in [0.15, 0.2) is 0 Å². The van der Waals surface area contributed by atoms with Gasteiger partial charge in [-0.25, -0.2) is 4.79 Å². The maximum absolute atomic E-state index is 12.0. The summed E-state index contributed by atoms with van der Waals surface area (Å²) in [5, 5.41) is 22.2. The fourth-order valence-electron chi connectivity index (χ4n) is 1.45. The minimum atomic E-state index is -1.38. The van der Waals surface area contributed by atoms with E-state index < -0.39 is 48.3 Å². The fourth-order valence-corrected chi connectivity index (χ4v) is 1.92. The van der Waals surface area contributed by atoms with Crippen LogP contribution < -0.4 is 16.4 Å². The third kappa shape index (κ3) is 7.84. The van der Waals surface area contributed by atoms with Crippen LogP contribution in [0.15, 0.2) is 0 Å². The van der Waals surface area contributed by atoms with E-state index in [1.807, 2.05) is 0 Å². The number of nitrogens with one attached hydrogen (secondary N) is 2. The van der Waals surface area contributed by atoms with Crippen molar-refractivity contribution in [3.8, 4) is 0 Å². The fraction of sp³-hybridized carbons (Fsp3) is 0.667. The van der Waals surface area contributed by atoms with E-state index in [4.69, 9.17) is 15.9 Å². The van der Waals surface area contributed by atoms with E-state index in [9.17, 15) is 19.2 Å². The SMILES string of the molecule is CSCCC(NC(=O)C(CC(=O)O)NC(=O)C(C)N)C(=O)O. The number of thioether (sulfide) groups is 1. The van der Waals surface area contributed by atoms with Crippen LogP contribution in [-0.2, 0) is 19.2 Å². The van der Waals surface area contributed by atoms with Gasteiger partial charge in [-0.1, -0.05) is 0 Å². The number of carbonyl (C=O) groups excluding carboxylic acids is 2. The van der Waals surface area contributed by atoms with Crippen molar-refractivity contribution in [2.45, 2.75) is 37.9 Å². The Kier molecular flexibility index (Phi) is 9.18. The molecule has 0 rings (SSSR count). The number of aliphatic carboxylic acids is 2. The van der Waals surface area contributed by atoms with Gasteiger partial charge in [-0.05, 0) is 25.4 Å². The monoisotopic (exact) mass is 335 g/mol. The summed E-state index contributed by atoms with van der Waals surface area (Å²) in [4.78, 5) is 45.4. The molecule has 10 heteroatoms. The second kappa shape index (κ2) is 10.0. The van der Waals surface area contributed by atoms with Crippen molar-refractivity contribution in [2.24, 2.45) is 5.73 Å². The lowest BCUT2D eigenvalue weighted by Crippen LogP contribution is -2.54. The summed E-state index contributed by atoms with van der Waals surface area (Å²) in [5.41, 5.74) is 5.34. The lowest BCUT2D eigenvalue weighted by molar-refractivity contribution is -0.143. The molecule has 0 aromatic carbocycles. The molecule has 0 radical (unpaired) electrons. The van der Waals surface area contributed by atoms with Crippen LogP contribution in [0.3, 0.4) is 0 Å². The van der Waals surface area contributed by atoms with Crippen LogP contribution in [0.2, 0.25) is 0 Å². The highest BCUT2D eigenvalue weighted by atomic mass is 32.2. The average molecular weight is 335 g/mol. The number of rotatable bonds is 10. The lowest BCUT2D eigenvalue weighted by Gasteiger charge is -2.21. The summed E-state index contributed by atoms with van der Waals surface area (Å²) >= 11 is 1.41. The summed E-state index contributed by atoms with van der Waals surface area (Å²) in [6.45, 7) is 1.38. The molecule has 9 nitrogen and oxygen atoms in total. The van der Waals surface area contributed by atoms with Gasteiger partial charge in [0, 0.05) is 0 Å². The van der Waals surface area contributed by atoms with Gasteiger partial charge < -0.3 is 26.6 Å². The first-order valence-electron chi connectivity index (χ1n) is 6.48. The van der Waals surface area contributed by atoms with Crippen LogP contribution in [0.5, 0.6) is 0 Å². The van der Waals surface area contributed by atoms with Crippen molar-refractivity contribution in [1.29, 1.82) is 0 Å². The van der Waals surface area contributed by atoms with E-state index in [2.05, 4.69) is 10.6 Å². The molecular formula is C12H21N3O6S. The molecule has 0 bridgehead atoms. The molecule has 3 unspecified atom stereocenters. The van der Waals surface area contributed by atoms with E-state index >= 15 is 0 Å². The molecule has 0 aliphatic rings. The Labute approximate surface area is 132 Å². The summed E-state index contributed by atoms with van der Waals surface area (Å²) in [7, 11) is 0. The molecule has 22 heavy (non-hydrogen) atoms. The molecule has 0 heterocycles. The molecule has 3 atom stereocenters. The third-order valence-corrected chi connectivity index (χ3v) is 3.29. The first-order valence-corrected chi connectivity index (χ1v) is 7.88. The average Bonchev–Trinajstić information content (AvgIpc) is 2.41. The van der Waals surface area contributed by atoms with Crippen molar-refractivity contribution in [3.05, 3.63) is 0 Å². The minimum Gasteiger partial charge on any atom is -0.481 e. The van der Waals surface area contributed by atoms with E-state index in [0.717, 1.165) is 0 Å².